The molecular formula is C22H26Cl2N4O7. The van der Waals surface area contributed by atoms with Crippen molar-refractivity contribution < 1.29 is 31.7 Å². The van der Waals surface area contributed by atoms with Crippen molar-refractivity contribution in [3.05, 3.63) is 67.7 Å². The molecule has 0 bridgehead atoms. The SMILES string of the molecule is CCOC(=O)CC(NC(=O)CNC(=O)c1cc(NC(C)=O)cc([N+](=O)[O-])c1)c1cc(Cl)cc(Cl)c1.[HH].[HH]. The number of hydrogen-bond acceptors (Lipinski definition) is 7. The van der Waals surface area contributed by atoms with E-state index in [2.05, 4.69) is 16.0 Å². The molecule has 35 heavy (non-hydrogen) atoms. The Kier molecular flexibility index (Phi) is 9.98. The zero-order valence-corrected chi connectivity index (χ0v) is 20.2. The van der Waals surface area contributed by atoms with Gasteiger partial charge in [-0.15, -0.1) is 0 Å². The Morgan fingerprint density at radius 1 is 1.09 bits per heavy atom. The van der Waals surface area contributed by atoms with Gasteiger partial charge in [0.05, 0.1) is 30.5 Å². The Labute approximate surface area is 213 Å². The molecule has 0 fully saturated rings. The van der Waals surface area contributed by atoms with Gasteiger partial charge in [-0.2, -0.15) is 0 Å². The van der Waals surface area contributed by atoms with Gasteiger partial charge in [-0.25, -0.2) is 0 Å². The molecule has 13 heteroatoms. The fourth-order valence-electron chi connectivity index (χ4n) is 3.05. The lowest BCUT2D eigenvalue weighted by Crippen LogP contribution is -2.39. The second kappa shape index (κ2) is 12.7. The number of carbonyl (C=O) groups is 4. The second-order valence-electron chi connectivity index (χ2n) is 7.22. The fourth-order valence-corrected chi connectivity index (χ4v) is 3.59. The van der Waals surface area contributed by atoms with Gasteiger partial charge in [0.1, 0.15) is 0 Å². The molecule has 2 aromatic rings. The summed E-state index contributed by atoms with van der Waals surface area (Å²) in [6, 6.07) is 7.05. The summed E-state index contributed by atoms with van der Waals surface area (Å²) in [5, 5.41) is 19.1. The molecule has 0 heterocycles. The van der Waals surface area contributed by atoms with Gasteiger partial charge in [0.25, 0.3) is 11.6 Å². The van der Waals surface area contributed by atoms with Crippen molar-refractivity contribution in [1.82, 2.24) is 10.6 Å². The smallest absolute Gasteiger partial charge is 0.308 e. The number of non-ortho nitro benzene ring substituents is 1. The number of amides is 3. The van der Waals surface area contributed by atoms with E-state index in [0.29, 0.717) is 15.6 Å². The summed E-state index contributed by atoms with van der Waals surface area (Å²) >= 11 is 12.1. The van der Waals surface area contributed by atoms with Gasteiger partial charge in [-0.05, 0) is 36.8 Å². The van der Waals surface area contributed by atoms with Crippen LogP contribution in [0.5, 0.6) is 0 Å². The molecule has 1 unspecified atom stereocenters. The first kappa shape index (κ1) is 27.5. The highest BCUT2D eigenvalue weighted by molar-refractivity contribution is 6.34. The van der Waals surface area contributed by atoms with Crippen LogP contribution >= 0.6 is 23.2 Å². The minimum Gasteiger partial charge on any atom is -0.466 e. The van der Waals surface area contributed by atoms with E-state index in [1.807, 2.05) is 0 Å². The molecule has 0 spiro atoms. The number of esters is 1. The van der Waals surface area contributed by atoms with Crippen molar-refractivity contribution in [1.29, 1.82) is 0 Å². The molecule has 0 radical (unpaired) electrons. The summed E-state index contributed by atoms with van der Waals surface area (Å²) in [5.74, 6) is -2.50. The van der Waals surface area contributed by atoms with E-state index in [0.717, 1.165) is 12.1 Å². The first-order valence-electron chi connectivity index (χ1n) is 10.2. The summed E-state index contributed by atoms with van der Waals surface area (Å²) in [5.41, 5.74) is -0.0545. The molecular weight excluding hydrogens is 503 g/mol. The maximum Gasteiger partial charge on any atom is 0.308 e. The molecule has 2 rings (SSSR count). The topological polar surface area (TPSA) is 157 Å². The Morgan fingerprint density at radius 3 is 2.31 bits per heavy atom. The van der Waals surface area contributed by atoms with Crippen LogP contribution in [0, 0.1) is 10.1 Å². The van der Waals surface area contributed by atoms with Crippen LogP contribution in [-0.4, -0.2) is 41.8 Å². The number of carbonyl (C=O) groups excluding carboxylic acids is 4. The maximum absolute atomic E-state index is 12.6. The molecule has 2 aromatic carbocycles. The summed E-state index contributed by atoms with van der Waals surface area (Å²) in [6.07, 6.45) is -0.213. The Balaban J connectivity index is 0.00000648. The van der Waals surface area contributed by atoms with Crippen LogP contribution in [-0.2, 0) is 19.1 Å². The minimum absolute atomic E-state index is 0. The summed E-state index contributed by atoms with van der Waals surface area (Å²) < 4.78 is 4.95. The van der Waals surface area contributed by atoms with Gasteiger partial charge in [-0.1, -0.05) is 23.2 Å². The molecule has 11 nitrogen and oxygen atoms in total. The van der Waals surface area contributed by atoms with E-state index < -0.39 is 46.9 Å². The standard InChI is InChI=1S/C22H22Cl2N4O7.2H2/c1-3-35-21(31)10-19(13-4-15(23)8-16(24)5-13)27-20(30)11-25-22(32)14-6-17(26-12(2)29)9-18(7-14)28(33)34;;/h4-9,19H,3,10-11H2,1-2H3,(H,25,32)(H,26,29)(H,27,30);2*1H. The third-order valence-electron chi connectivity index (χ3n) is 4.42. The predicted octanol–water partition coefficient (Wildman–Crippen LogP) is 3.89. The minimum atomic E-state index is -0.848. The van der Waals surface area contributed by atoms with Crippen LogP contribution in [0.15, 0.2) is 36.4 Å². The van der Waals surface area contributed by atoms with Crippen molar-refractivity contribution in [3.8, 4) is 0 Å². The third-order valence-corrected chi connectivity index (χ3v) is 4.86. The van der Waals surface area contributed by atoms with Crippen LogP contribution in [0.25, 0.3) is 0 Å². The average Bonchev–Trinajstić information content (AvgIpc) is 2.75. The number of anilines is 1. The maximum atomic E-state index is 12.6. The summed E-state index contributed by atoms with van der Waals surface area (Å²) in [4.78, 5) is 58.8. The Bertz CT molecular complexity index is 1150. The zero-order chi connectivity index (χ0) is 26.1. The van der Waals surface area contributed by atoms with Crippen LogP contribution < -0.4 is 16.0 Å². The van der Waals surface area contributed by atoms with E-state index in [4.69, 9.17) is 27.9 Å². The molecule has 0 aromatic heterocycles. The first-order chi connectivity index (χ1) is 16.5. The largest absolute Gasteiger partial charge is 0.466 e. The number of nitrogens with zero attached hydrogens (tertiary/aromatic N) is 1. The first-order valence-corrected chi connectivity index (χ1v) is 11.0. The monoisotopic (exact) mass is 528 g/mol. The van der Waals surface area contributed by atoms with Crippen LogP contribution in [0.2, 0.25) is 10.0 Å². The van der Waals surface area contributed by atoms with Gasteiger partial charge in [0.15, 0.2) is 0 Å². The number of nitrogens with one attached hydrogen (secondary N) is 3. The third kappa shape index (κ3) is 8.87. The quantitative estimate of drug-likeness (QED) is 0.239. The highest BCUT2D eigenvalue weighted by Crippen LogP contribution is 2.26. The molecule has 190 valence electrons. The molecule has 1 atom stereocenters. The molecule has 0 aliphatic heterocycles. The van der Waals surface area contributed by atoms with Gasteiger partial charge in [0.2, 0.25) is 11.8 Å². The number of nitro benzene ring substituents is 1. The summed E-state index contributed by atoms with van der Waals surface area (Å²) in [6.45, 7) is 2.49. The number of ether oxygens (including phenoxy) is 1. The Hall–Kier alpha value is -3.70. The van der Waals surface area contributed by atoms with E-state index in [1.165, 1.54) is 31.2 Å². The van der Waals surface area contributed by atoms with E-state index in [-0.39, 0.29) is 27.1 Å². The lowest BCUT2D eigenvalue weighted by atomic mass is 10.0. The number of hydrogen-bond donors (Lipinski definition) is 3. The van der Waals surface area contributed by atoms with Gasteiger partial charge >= 0.3 is 5.97 Å². The van der Waals surface area contributed by atoms with Crippen molar-refractivity contribution in [2.45, 2.75) is 26.3 Å². The number of rotatable bonds is 10. The average molecular weight is 529 g/mol. The van der Waals surface area contributed by atoms with Crippen LogP contribution in [0.4, 0.5) is 11.4 Å². The summed E-state index contributed by atoms with van der Waals surface area (Å²) in [7, 11) is 0. The molecule has 0 aliphatic rings. The van der Waals surface area contributed by atoms with Crippen molar-refractivity contribution >= 4 is 58.3 Å². The van der Waals surface area contributed by atoms with Gasteiger partial charge < -0.3 is 20.7 Å². The lowest BCUT2D eigenvalue weighted by molar-refractivity contribution is -0.384. The second-order valence-corrected chi connectivity index (χ2v) is 8.09. The molecule has 0 saturated heterocycles. The van der Waals surface area contributed by atoms with Crippen molar-refractivity contribution in [2.75, 3.05) is 18.5 Å². The van der Waals surface area contributed by atoms with Crippen LogP contribution in [0.1, 0.15) is 45.1 Å². The fraction of sp³-hybridized carbons (Fsp3) is 0.273. The molecule has 0 aliphatic carbocycles. The van der Waals surface area contributed by atoms with E-state index in [1.54, 1.807) is 6.92 Å². The lowest BCUT2D eigenvalue weighted by Gasteiger charge is -2.19. The highest BCUT2D eigenvalue weighted by Gasteiger charge is 2.21. The number of halogens is 2. The number of benzene rings is 2. The van der Waals surface area contributed by atoms with E-state index >= 15 is 0 Å². The predicted molar refractivity (Wildman–Crippen MR) is 133 cm³/mol. The normalized spacial score (nSPS) is 11.2. The number of nitro groups is 1. The molecule has 3 N–H and O–H groups in total. The van der Waals surface area contributed by atoms with Crippen molar-refractivity contribution in [3.63, 3.8) is 0 Å². The molecule has 3 amide bonds. The van der Waals surface area contributed by atoms with Crippen LogP contribution in [0.3, 0.4) is 0 Å². The zero-order valence-electron chi connectivity index (χ0n) is 18.7. The van der Waals surface area contributed by atoms with Gasteiger partial charge in [0, 0.05) is 43.2 Å². The van der Waals surface area contributed by atoms with Crippen molar-refractivity contribution in [2.24, 2.45) is 0 Å². The molecule has 0 saturated carbocycles. The van der Waals surface area contributed by atoms with Gasteiger partial charge in [-0.3, -0.25) is 29.3 Å². The van der Waals surface area contributed by atoms with E-state index in [9.17, 15) is 29.3 Å². The Morgan fingerprint density at radius 2 is 1.74 bits per heavy atom. The highest BCUT2D eigenvalue weighted by atomic mass is 35.5.